The van der Waals surface area contributed by atoms with E-state index in [1.54, 1.807) is 0 Å². The van der Waals surface area contributed by atoms with Gasteiger partial charge >= 0.3 is 6.18 Å². The molecule has 2 aromatic heterocycles. The Bertz CT molecular complexity index is 885. The Morgan fingerprint density at radius 3 is 2.85 bits per heavy atom. The number of amides is 1. The maximum absolute atomic E-state index is 12.8. The first-order valence-corrected chi connectivity index (χ1v) is 8.89. The smallest absolute Gasteiger partial charge is 0.376 e. The molecule has 0 aromatic carbocycles. The molecule has 2 aromatic rings. The van der Waals surface area contributed by atoms with Gasteiger partial charge in [0.05, 0.1) is 18.8 Å². The summed E-state index contributed by atoms with van der Waals surface area (Å²) in [4.78, 5) is 16.8. The van der Waals surface area contributed by atoms with E-state index in [1.165, 1.54) is 11.3 Å². The van der Waals surface area contributed by atoms with Crippen molar-refractivity contribution in [3.8, 4) is 11.5 Å². The first-order valence-electron chi connectivity index (χ1n) is 8.07. The second-order valence-electron chi connectivity index (χ2n) is 6.01. The highest BCUT2D eigenvalue weighted by Crippen LogP contribution is 2.43. The van der Waals surface area contributed by atoms with Crippen LogP contribution in [0.4, 0.5) is 18.2 Å². The summed E-state index contributed by atoms with van der Waals surface area (Å²) in [7, 11) is 0. The van der Waals surface area contributed by atoms with Crippen LogP contribution in [-0.2, 0) is 28.7 Å². The van der Waals surface area contributed by atoms with E-state index in [-0.39, 0.29) is 11.8 Å². The van der Waals surface area contributed by atoms with E-state index in [0.29, 0.717) is 42.2 Å². The fourth-order valence-corrected chi connectivity index (χ4v) is 4.22. The van der Waals surface area contributed by atoms with E-state index >= 15 is 0 Å². The third-order valence-corrected chi connectivity index (χ3v) is 5.39. The molecule has 0 spiro atoms. The summed E-state index contributed by atoms with van der Waals surface area (Å²) in [6.07, 6.45) is 0.142. The van der Waals surface area contributed by atoms with Crippen LogP contribution in [0.15, 0.2) is 16.2 Å². The van der Waals surface area contributed by atoms with Gasteiger partial charge in [-0.3, -0.25) is 4.79 Å². The van der Waals surface area contributed by atoms with E-state index in [9.17, 15) is 18.0 Å². The lowest BCUT2D eigenvalue weighted by Gasteiger charge is -2.12. The van der Waals surface area contributed by atoms with Crippen molar-refractivity contribution in [2.24, 2.45) is 0 Å². The van der Waals surface area contributed by atoms with Crippen molar-refractivity contribution in [1.82, 2.24) is 10.1 Å². The number of halogens is 3. The molecular formula is C16H14F3N3O3S. The third-order valence-electron chi connectivity index (χ3n) is 4.27. The van der Waals surface area contributed by atoms with E-state index < -0.39 is 12.0 Å². The molecule has 1 aliphatic heterocycles. The van der Waals surface area contributed by atoms with Crippen molar-refractivity contribution in [2.45, 2.75) is 38.5 Å². The largest absolute Gasteiger partial charge is 0.455 e. The van der Waals surface area contributed by atoms with Crippen LogP contribution in [-0.4, -0.2) is 22.7 Å². The topological polar surface area (TPSA) is 77.3 Å². The Kier molecular flexibility index (Phi) is 4.31. The van der Waals surface area contributed by atoms with Crippen LogP contribution in [0, 0.1) is 0 Å². The van der Waals surface area contributed by atoms with Gasteiger partial charge in [-0.05, 0) is 31.2 Å². The summed E-state index contributed by atoms with van der Waals surface area (Å²) >= 11 is 1.27. The van der Waals surface area contributed by atoms with Gasteiger partial charge in [-0.15, -0.1) is 11.3 Å². The quantitative estimate of drug-likeness (QED) is 0.866. The number of ether oxygens (including phenoxy) is 1. The average Bonchev–Trinajstić information content (AvgIpc) is 3.32. The Morgan fingerprint density at radius 2 is 2.15 bits per heavy atom. The monoisotopic (exact) mass is 385 g/mol. The number of rotatable bonds is 3. The van der Waals surface area contributed by atoms with Crippen molar-refractivity contribution in [3.05, 3.63) is 27.9 Å². The van der Waals surface area contributed by atoms with Gasteiger partial charge in [0, 0.05) is 10.5 Å². The van der Waals surface area contributed by atoms with Gasteiger partial charge < -0.3 is 14.6 Å². The summed E-state index contributed by atoms with van der Waals surface area (Å²) in [6.45, 7) is 0.779. The highest BCUT2D eigenvalue weighted by Gasteiger charge is 2.38. The number of anilines is 1. The van der Waals surface area contributed by atoms with Gasteiger partial charge in [-0.2, -0.15) is 18.2 Å². The fourth-order valence-electron chi connectivity index (χ4n) is 3.05. The number of nitrogens with one attached hydrogen (secondary N) is 1. The molecule has 10 heteroatoms. The van der Waals surface area contributed by atoms with Crippen LogP contribution < -0.4 is 5.32 Å². The SMILES string of the molecule is O=C(Nc1sc2c(c1-c1nc(C(F)(F)F)no1)CCOC2)C1=CCCC1. The molecule has 0 radical (unpaired) electrons. The van der Waals surface area contributed by atoms with Crippen molar-refractivity contribution >= 4 is 22.2 Å². The standard InChI is InChI=1S/C16H14F3N3O3S/c17-16(18,19)15-21-13(25-22-15)11-9-5-6-24-7-10(9)26-14(11)20-12(23)8-3-1-2-4-8/h3H,1-2,4-7H2,(H,20,23). The number of fused-ring (bicyclic) bond motifs is 1. The normalized spacial score (nSPS) is 17.1. The zero-order valence-corrected chi connectivity index (χ0v) is 14.3. The number of hydrogen-bond acceptors (Lipinski definition) is 6. The van der Waals surface area contributed by atoms with Crippen molar-refractivity contribution < 1.29 is 27.2 Å². The molecular weight excluding hydrogens is 371 g/mol. The zero-order chi connectivity index (χ0) is 18.3. The second kappa shape index (κ2) is 6.51. The Balaban J connectivity index is 1.73. The summed E-state index contributed by atoms with van der Waals surface area (Å²) in [5, 5.41) is 6.24. The highest BCUT2D eigenvalue weighted by molar-refractivity contribution is 7.17. The van der Waals surface area contributed by atoms with E-state index in [2.05, 4.69) is 15.5 Å². The van der Waals surface area contributed by atoms with Crippen molar-refractivity contribution in [2.75, 3.05) is 11.9 Å². The molecule has 1 aliphatic carbocycles. The highest BCUT2D eigenvalue weighted by atomic mass is 32.1. The molecule has 2 aliphatic rings. The van der Waals surface area contributed by atoms with Gasteiger partial charge in [0.1, 0.15) is 5.00 Å². The lowest BCUT2D eigenvalue weighted by molar-refractivity contribution is -0.146. The minimum absolute atomic E-state index is 0.243. The fraction of sp³-hybridized carbons (Fsp3) is 0.438. The molecule has 0 fully saturated rings. The number of hydrogen-bond donors (Lipinski definition) is 1. The first kappa shape index (κ1) is 17.2. The summed E-state index contributed by atoms with van der Waals surface area (Å²) in [5.74, 6) is -1.83. The van der Waals surface area contributed by atoms with Crippen LogP contribution in [0.5, 0.6) is 0 Å². The molecule has 0 unspecified atom stereocenters. The van der Waals surface area contributed by atoms with Crippen molar-refractivity contribution in [3.63, 3.8) is 0 Å². The molecule has 4 rings (SSSR count). The van der Waals surface area contributed by atoms with E-state index in [1.807, 2.05) is 6.08 Å². The molecule has 1 N–H and O–H groups in total. The Hall–Kier alpha value is -2.20. The number of allylic oxidation sites excluding steroid dienone is 1. The summed E-state index contributed by atoms with van der Waals surface area (Å²) in [6, 6.07) is 0. The number of carbonyl (C=O) groups is 1. The van der Waals surface area contributed by atoms with Gasteiger partial charge in [0.2, 0.25) is 0 Å². The van der Waals surface area contributed by atoms with Crippen LogP contribution in [0.3, 0.4) is 0 Å². The molecule has 26 heavy (non-hydrogen) atoms. The second-order valence-corrected chi connectivity index (χ2v) is 7.11. The molecule has 0 saturated heterocycles. The Labute approximate surface area is 150 Å². The van der Waals surface area contributed by atoms with Gasteiger partial charge in [0.15, 0.2) is 0 Å². The van der Waals surface area contributed by atoms with Gasteiger partial charge in [-0.25, -0.2) is 0 Å². The number of thiophene rings is 1. The lowest BCUT2D eigenvalue weighted by atomic mass is 10.1. The summed E-state index contributed by atoms with van der Waals surface area (Å²) in [5.41, 5.74) is 1.83. The van der Waals surface area contributed by atoms with E-state index in [4.69, 9.17) is 9.26 Å². The molecule has 138 valence electrons. The zero-order valence-electron chi connectivity index (χ0n) is 13.5. The Morgan fingerprint density at radius 1 is 1.31 bits per heavy atom. The lowest BCUT2D eigenvalue weighted by Crippen LogP contribution is -2.13. The maximum atomic E-state index is 12.8. The summed E-state index contributed by atoms with van der Waals surface area (Å²) < 4.78 is 48.7. The predicted molar refractivity (Wildman–Crippen MR) is 86.5 cm³/mol. The average molecular weight is 385 g/mol. The van der Waals surface area contributed by atoms with Crippen LogP contribution in [0.25, 0.3) is 11.5 Å². The predicted octanol–water partition coefficient (Wildman–Crippen LogP) is 3.94. The molecule has 0 bridgehead atoms. The molecule has 1 amide bonds. The van der Waals surface area contributed by atoms with Gasteiger partial charge in [-0.1, -0.05) is 11.2 Å². The first-order chi connectivity index (χ1) is 12.4. The number of alkyl halides is 3. The molecule has 0 saturated carbocycles. The van der Waals surface area contributed by atoms with Crippen LogP contribution >= 0.6 is 11.3 Å². The maximum Gasteiger partial charge on any atom is 0.455 e. The third kappa shape index (κ3) is 3.14. The number of carbonyl (C=O) groups excluding carboxylic acids is 1. The molecule has 6 nitrogen and oxygen atoms in total. The minimum Gasteiger partial charge on any atom is -0.376 e. The van der Waals surface area contributed by atoms with Crippen LogP contribution in [0.1, 0.15) is 35.5 Å². The molecule has 3 heterocycles. The van der Waals surface area contributed by atoms with E-state index in [0.717, 1.165) is 23.3 Å². The molecule has 0 atom stereocenters. The van der Waals surface area contributed by atoms with Crippen molar-refractivity contribution in [1.29, 1.82) is 0 Å². The number of nitrogens with zero attached hydrogens (tertiary/aromatic N) is 2. The van der Waals surface area contributed by atoms with Crippen LogP contribution in [0.2, 0.25) is 0 Å². The van der Waals surface area contributed by atoms with Gasteiger partial charge in [0.25, 0.3) is 17.6 Å². The minimum atomic E-state index is -4.70. The number of aromatic nitrogens is 2.